The summed E-state index contributed by atoms with van der Waals surface area (Å²) in [5.41, 5.74) is -0.168. The number of hydrogen-bond acceptors (Lipinski definition) is 3. The summed E-state index contributed by atoms with van der Waals surface area (Å²) in [5.74, 6) is -0.760. The second-order valence-electron chi connectivity index (χ2n) is 7.86. The molecule has 0 bridgehead atoms. The molecule has 4 nitrogen and oxygen atoms in total. The molecule has 0 saturated carbocycles. The van der Waals surface area contributed by atoms with Crippen LogP contribution in [0.2, 0.25) is 0 Å². The molecule has 0 heterocycles. The second-order valence-corrected chi connectivity index (χ2v) is 7.86. The van der Waals surface area contributed by atoms with Gasteiger partial charge < -0.3 is 10.2 Å². The van der Waals surface area contributed by atoms with Gasteiger partial charge in [0.1, 0.15) is 0 Å². The topological polar surface area (TPSA) is 74.6 Å². The van der Waals surface area contributed by atoms with Gasteiger partial charge in [0.25, 0.3) is 0 Å². The normalized spacial score (nSPS) is 21.9. The number of carboxylic acid groups (broad SMARTS) is 1. The van der Waals surface area contributed by atoms with Gasteiger partial charge in [0.15, 0.2) is 5.78 Å². The lowest BCUT2D eigenvalue weighted by molar-refractivity contribution is -0.137. The van der Waals surface area contributed by atoms with Gasteiger partial charge >= 0.3 is 5.97 Å². The van der Waals surface area contributed by atoms with Gasteiger partial charge in [-0.25, -0.2) is 0 Å². The van der Waals surface area contributed by atoms with E-state index >= 15 is 0 Å². The van der Waals surface area contributed by atoms with Crippen molar-refractivity contribution in [2.75, 3.05) is 0 Å². The van der Waals surface area contributed by atoms with Crippen molar-refractivity contribution in [2.24, 2.45) is 17.3 Å². The van der Waals surface area contributed by atoms with Crippen LogP contribution in [0.4, 0.5) is 0 Å². The summed E-state index contributed by atoms with van der Waals surface area (Å²) >= 11 is 0. The van der Waals surface area contributed by atoms with Crippen molar-refractivity contribution in [3.05, 3.63) is 36.5 Å². The highest BCUT2D eigenvalue weighted by Gasteiger charge is 2.29. The van der Waals surface area contributed by atoms with E-state index in [1.54, 1.807) is 6.08 Å². The van der Waals surface area contributed by atoms with E-state index in [0.29, 0.717) is 19.3 Å². The van der Waals surface area contributed by atoms with Crippen LogP contribution in [0.25, 0.3) is 0 Å². The van der Waals surface area contributed by atoms with Crippen molar-refractivity contribution < 1.29 is 19.8 Å². The van der Waals surface area contributed by atoms with Crippen LogP contribution in [-0.4, -0.2) is 28.1 Å². The fraction of sp³-hybridized carbons (Fsp3) is 0.636. The van der Waals surface area contributed by atoms with Crippen LogP contribution < -0.4 is 0 Å². The SMILES string of the molecule is CCCCC(C)(C)[C@H](O)C=C[C@H]1C=CC(=O)[C@H]1CC=CCCCC(=O)O. The molecule has 0 aromatic heterocycles. The van der Waals surface area contributed by atoms with Gasteiger partial charge in [-0.1, -0.05) is 64.0 Å². The molecule has 0 aromatic rings. The maximum absolute atomic E-state index is 12.1. The Hall–Kier alpha value is -1.68. The van der Waals surface area contributed by atoms with Crippen LogP contribution in [-0.2, 0) is 9.59 Å². The van der Waals surface area contributed by atoms with Gasteiger partial charge in [0, 0.05) is 18.3 Å². The van der Waals surface area contributed by atoms with Gasteiger partial charge in [-0.15, -0.1) is 0 Å². The molecule has 1 aliphatic carbocycles. The summed E-state index contributed by atoms with van der Waals surface area (Å²) in [4.78, 5) is 22.6. The smallest absolute Gasteiger partial charge is 0.303 e. The number of aliphatic hydroxyl groups is 1. The fourth-order valence-electron chi connectivity index (χ4n) is 3.13. The molecule has 3 atom stereocenters. The molecular formula is C22H34O4. The highest BCUT2D eigenvalue weighted by atomic mass is 16.4. The van der Waals surface area contributed by atoms with Crippen molar-refractivity contribution in [2.45, 2.75) is 71.8 Å². The molecule has 0 radical (unpaired) electrons. The Morgan fingerprint density at radius 2 is 2.04 bits per heavy atom. The van der Waals surface area contributed by atoms with Crippen molar-refractivity contribution in [1.29, 1.82) is 0 Å². The van der Waals surface area contributed by atoms with Gasteiger partial charge in [-0.05, 0) is 37.2 Å². The Kier molecular flexibility index (Phi) is 9.57. The zero-order valence-corrected chi connectivity index (χ0v) is 16.4. The predicted octanol–water partition coefficient (Wildman–Crippen LogP) is 4.69. The summed E-state index contributed by atoms with van der Waals surface area (Å²) in [5, 5.41) is 19.1. The number of carboxylic acids is 1. The van der Waals surface area contributed by atoms with Gasteiger partial charge in [0.2, 0.25) is 0 Å². The van der Waals surface area contributed by atoms with E-state index in [9.17, 15) is 14.7 Å². The Morgan fingerprint density at radius 1 is 1.31 bits per heavy atom. The number of hydrogen-bond donors (Lipinski definition) is 2. The summed E-state index contributed by atoms with van der Waals surface area (Å²) in [7, 11) is 0. The number of ketones is 1. The molecule has 4 heteroatoms. The molecule has 2 N–H and O–H groups in total. The minimum atomic E-state index is -0.779. The first-order chi connectivity index (χ1) is 12.3. The number of aliphatic hydroxyl groups excluding tert-OH is 1. The van der Waals surface area contributed by atoms with Crippen LogP contribution in [0.1, 0.15) is 65.7 Å². The molecule has 1 aliphatic rings. The van der Waals surface area contributed by atoms with Crippen LogP contribution >= 0.6 is 0 Å². The maximum Gasteiger partial charge on any atom is 0.303 e. The largest absolute Gasteiger partial charge is 0.481 e. The molecule has 26 heavy (non-hydrogen) atoms. The van der Waals surface area contributed by atoms with Crippen LogP contribution in [0.3, 0.4) is 0 Å². The summed E-state index contributed by atoms with van der Waals surface area (Å²) < 4.78 is 0. The van der Waals surface area contributed by atoms with Crippen molar-refractivity contribution in [3.63, 3.8) is 0 Å². The van der Waals surface area contributed by atoms with E-state index < -0.39 is 12.1 Å². The molecular weight excluding hydrogens is 328 g/mol. The first-order valence-corrected chi connectivity index (χ1v) is 9.73. The summed E-state index contributed by atoms with van der Waals surface area (Å²) in [6.45, 7) is 6.29. The molecule has 0 spiro atoms. The van der Waals surface area contributed by atoms with E-state index in [1.807, 2.05) is 30.4 Å². The number of carbonyl (C=O) groups excluding carboxylic acids is 1. The third kappa shape index (κ3) is 7.69. The van der Waals surface area contributed by atoms with Gasteiger partial charge in [-0.2, -0.15) is 0 Å². The summed E-state index contributed by atoms with van der Waals surface area (Å²) in [6, 6.07) is 0. The fourth-order valence-corrected chi connectivity index (χ4v) is 3.13. The average Bonchev–Trinajstić information content (AvgIpc) is 2.93. The molecule has 1 rings (SSSR count). The standard InChI is InChI=1S/C22H34O4/c1-4-5-16-22(2,3)20(24)15-13-17-12-14-19(23)18(17)10-8-6-7-9-11-21(25)26/h6,8,12-15,17-18,20,24H,4-5,7,9-11,16H2,1-3H3,(H,25,26)/t17-,18+,20-/m1/s1. The Bertz CT molecular complexity index is 542. The Balaban J connectivity index is 2.54. The van der Waals surface area contributed by atoms with E-state index in [2.05, 4.69) is 20.8 Å². The van der Waals surface area contributed by atoms with Crippen molar-refractivity contribution >= 4 is 11.8 Å². The highest BCUT2D eigenvalue weighted by Crippen LogP contribution is 2.31. The quantitative estimate of drug-likeness (QED) is 0.390. The Morgan fingerprint density at radius 3 is 2.69 bits per heavy atom. The lowest BCUT2D eigenvalue weighted by atomic mass is 9.80. The van der Waals surface area contributed by atoms with E-state index in [0.717, 1.165) is 19.3 Å². The van der Waals surface area contributed by atoms with Crippen LogP contribution in [0.15, 0.2) is 36.5 Å². The number of allylic oxidation sites excluding steroid dienone is 5. The minimum absolute atomic E-state index is 0.0165. The maximum atomic E-state index is 12.1. The van der Waals surface area contributed by atoms with Crippen molar-refractivity contribution in [3.8, 4) is 0 Å². The van der Waals surface area contributed by atoms with Crippen LogP contribution in [0, 0.1) is 17.3 Å². The molecule has 0 saturated heterocycles. The number of unbranched alkanes of at least 4 members (excludes halogenated alkanes) is 2. The number of carbonyl (C=O) groups is 2. The number of rotatable bonds is 12. The molecule has 146 valence electrons. The van der Waals surface area contributed by atoms with Crippen LogP contribution in [0.5, 0.6) is 0 Å². The molecule has 0 fully saturated rings. The Labute approximate surface area is 157 Å². The molecule has 0 aromatic carbocycles. The van der Waals surface area contributed by atoms with Crippen molar-refractivity contribution in [1.82, 2.24) is 0 Å². The van der Waals surface area contributed by atoms with Gasteiger partial charge in [0.05, 0.1) is 6.10 Å². The zero-order valence-electron chi connectivity index (χ0n) is 16.4. The average molecular weight is 363 g/mol. The molecule has 0 aliphatic heterocycles. The van der Waals surface area contributed by atoms with Gasteiger partial charge in [-0.3, -0.25) is 9.59 Å². The summed E-state index contributed by atoms with van der Waals surface area (Å²) in [6.07, 6.45) is 16.1. The third-order valence-electron chi connectivity index (χ3n) is 5.12. The number of aliphatic carboxylic acids is 1. The molecule has 0 amide bonds. The van der Waals surface area contributed by atoms with E-state index in [1.165, 1.54) is 0 Å². The lowest BCUT2D eigenvalue weighted by Gasteiger charge is -2.28. The second kappa shape index (κ2) is 11.1. The van der Waals surface area contributed by atoms with E-state index in [-0.39, 0.29) is 29.5 Å². The highest BCUT2D eigenvalue weighted by molar-refractivity contribution is 5.95. The lowest BCUT2D eigenvalue weighted by Crippen LogP contribution is -2.27. The molecule has 0 unspecified atom stereocenters. The monoisotopic (exact) mass is 362 g/mol. The predicted molar refractivity (Wildman–Crippen MR) is 105 cm³/mol. The zero-order chi connectivity index (χ0) is 19.6. The first-order valence-electron chi connectivity index (χ1n) is 9.73. The van der Waals surface area contributed by atoms with E-state index in [4.69, 9.17) is 5.11 Å². The third-order valence-corrected chi connectivity index (χ3v) is 5.12. The first kappa shape index (κ1) is 22.4. The minimum Gasteiger partial charge on any atom is -0.481 e.